The van der Waals surface area contributed by atoms with Crippen LogP contribution in [0, 0.1) is 0 Å². The minimum atomic E-state index is -1.18. The molecule has 2 rings (SSSR count). The van der Waals surface area contributed by atoms with Crippen molar-refractivity contribution in [3.05, 3.63) is 64.7 Å². The summed E-state index contributed by atoms with van der Waals surface area (Å²) in [5, 5.41) is 30.6. The van der Waals surface area contributed by atoms with Gasteiger partial charge >= 0.3 is 5.97 Å². The lowest BCUT2D eigenvalue weighted by Crippen LogP contribution is -2.22. The van der Waals surface area contributed by atoms with Crippen LogP contribution < -0.4 is 4.74 Å². The van der Waals surface area contributed by atoms with Crippen molar-refractivity contribution in [1.29, 1.82) is 0 Å². The molecule has 0 saturated carbocycles. The largest absolute Gasteiger partial charge is 0.423 e. The van der Waals surface area contributed by atoms with E-state index in [-0.39, 0.29) is 5.56 Å². The summed E-state index contributed by atoms with van der Waals surface area (Å²) in [5.41, 5.74) is -1.38. The van der Waals surface area contributed by atoms with Crippen LogP contribution in [0.15, 0.2) is 42.5 Å². The average Bonchev–Trinajstić information content (AvgIpc) is 2.52. The summed E-state index contributed by atoms with van der Waals surface area (Å²) in [4.78, 5) is 12.6. The zero-order valence-corrected chi connectivity index (χ0v) is 16.7. The molecule has 0 spiro atoms. The topological polar surface area (TPSA) is 87.0 Å². The molecule has 5 nitrogen and oxygen atoms in total. The highest BCUT2D eigenvalue weighted by Crippen LogP contribution is 2.29. The molecule has 0 amide bonds. The van der Waals surface area contributed by atoms with Crippen molar-refractivity contribution in [2.75, 3.05) is 0 Å². The van der Waals surface area contributed by atoms with E-state index < -0.39 is 22.8 Å². The summed E-state index contributed by atoms with van der Waals surface area (Å²) in [6, 6.07) is 11.4. The van der Waals surface area contributed by atoms with Gasteiger partial charge in [0.2, 0.25) is 0 Å². The molecule has 0 unspecified atom stereocenters. The van der Waals surface area contributed by atoms with Gasteiger partial charge in [0, 0.05) is 0 Å². The SMILES string of the molecule is CC(C)(O)c1ccc(OC(=O)c2cc(C(C)(C)O)cc(C(C)(C)O)c2)cc1. The Morgan fingerprint density at radius 2 is 1.11 bits per heavy atom. The number of carbonyl (C=O) groups excluding carboxylic acids is 1. The molecule has 0 atom stereocenters. The Labute approximate surface area is 160 Å². The Kier molecular flexibility index (Phi) is 5.53. The van der Waals surface area contributed by atoms with E-state index in [4.69, 9.17) is 4.74 Å². The monoisotopic (exact) mass is 372 g/mol. The normalized spacial score (nSPS) is 12.8. The van der Waals surface area contributed by atoms with Crippen LogP contribution in [0.5, 0.6) is 5.75 Å². The predicted molar refractivity (Wildman–Crippen MR) is 104 cm³/mol. The quantitative estimate of drug-likeness (QED) is 0.551. The number of benzene rings is 2. The van der Waals surface area contributed by atoms with E-state index in [1.807, 2.05) is 0 Å². The van der Waals surface area contributed by atoms with Crippen LogP contribution in [0.2, 0.25) is 0 Å². The summed E-state index contributed by atoms with van der Waals surface area (Å²) < 4.78 is 5.42. The van der Waals surface area contributed by atoms with Crippen molar-refractivity contribution in [2.24, 2.45) is 0 Å². The van der Waals surface area contributed by atoms with Crippen molar-refractivity contribution in [3.63, 3.8) is 0 Å². The first kappa shape index (κ1) is 21.1. The van der Waals surface area contributed by atoms with Crippen LogP contribution >= 0.6 is 0 Å². The predicted octanol–water partition coefficient (Wildman–Crippen LogP) is 3.59. The zero-order chi connectivity index (χ0) is 20.6. The Bertz CT molecular complexity index is 784. The molecule has 2 aromatic carbocycles. The smallest absolute Gasteiger partial charge is 0.343 e. The fourth-order valence-corrected chi connectivity index (χ4v) is 2.55. The van der Waals surface area contributed by atoms with E-state index in [1.165, 1.54) is 0 Å². The summed E-state index contributed by atoms with van der Waals surface area (Å²) in [7, 11) is 0. The van der Waals surface area contributed by atoms with Crippen LogP contribution in [0.4, 0.5) is 0 Å². The highest BCUT2D eigenvalue weighted by molar-refractivity contribution is 5.91. The number of hydrogen-bond acceptors (Lipinski definition) is 5. The number of rotatable bonds is 5. The molecule has 2 aromatic rings. The van der Waals surface area contributed by atoms with E-state index in [0.29, 0.717) is 22.4 Å². The van der Waals surface area contributed by atoms with E-state index >= 15 is 0 Å². The lowest BCUT2D eigenvalue weighted by molar-refractivity contribution is 0.0698. The van der Waals surface area contributed by atoms with Gasteiger partial charge in [0.05, 0.1) is 22.4 Å². The molecular weight excluding hydrogens is 344 g/mol. The molecule has 0 fully saturated rings. The third-order valence-corrected chi connectivity index (χ3v) is 4.35. The third-order valence-electron chi connectivity index (χ3n) is 4.35. The maximum Gasteiger partial charge on any atom is 0.343 e. The molecule has 146 valence electrons. The lowest BCUT2D eigenvalue weighted by Gasteiger charge is -2.24. The average molecular weight is 372 g/mol. The van der Waals surface area contributed by atoms with E-state index in [2.05, 4.69) is 0 Å². The van der Waals surface area contributed by atoms with Crippen molar-refractivity contribution in [1.82, 2.24) is 0 Å². The Balaban J connectivity index is 2.35. The Morgan fingerprint density at radius 1 is 0.704 bits per heavy atom. The second-order valence-electron chi connectivity index (χ2n) is 8.39. The molecule has 0 aliphatic heterocycles. The molecule has 0 bridgehead atoms. The van der Waals surface area contributed by atoms with Crippen LogP contribution in [0.25, 0.3) is 0 Å². The van der Waals surface area contributed by atoms with E-state index in [9.17, 15) is 20.1 Å². The molecule has 27 heavy (non-hydrogen) atoms. The number of carbonyl (C=O) groups is 1. The maximum absolute atomic E-state index is 12.6. The van der Waals surface area contributed by atoms with E-state index in [1.54, 1.807) is 84.0 Å². The number of hydrogen-bond donors (Lipinski definition) is 3. The first-order valence-corrected chi connectivity index (χ1v) is 8.84. The molecule has 0 saturated heterocycles. The lowest BCUT2D eigenvalue weighted by atomic mass is 9.89. The van der Waals surface area contributed by atoms with Crippen molar-refractivity contribution < 1.29 is 24.9 Å². The molecule has 0 aromatic heterocycles. The number of esters is 1. The van der Waals surface area contributed by atoms with E-state index in [0.717, 1.165) is 0 Å². The Morgan fingerprint density at radius 3 is 1.48 bits per heavy atom. The van der Waals surface area contributed by atoms with Gasteiger partial charge in [-0.25, -0.2) is 4.79 Å². The number of aliphatic hydroxyl groups is 3. The summed E-state index contributed by atoms with van der Waals surface area (Å²) in [6.45, 7) is 9.80. The van der Waals surface area contributed by atoms with Crippen LogP contribution in [-0.4, -0.2) is 21.3 Å². The number of ether oxygens (including phenoxy) is 1. The van der Waals surface area contributed by atoms with Gasteiger partial charge in [-0.05, 0) is 82.5 Å². The second kappa shape index (κ2) is 7.08. The zero-order valence-electron chi connectivity index (χ0n) is 16.7. The summed E-state index contributed by atoms with van der Waals surface area (Å²) >= 11 is 0. The van der Waals surface area contributed by atoms with Crippen molar-refractivity contribution in [3.8, 4) is 5.75 Å². The van der Waals surface area contributed by atoms with Gasteiger partial charge in [-0.15, -0.1) is 0 Å². The first-order valence-electron chi connectivity index (χ1n) is 8.84. The van der Waals surface area contributed by atoms with Gasteiger partial charge in [0.25, 0.3) is 0 Å². The summed E-state index contributed by atoms with van der Waals surface area (Å²) in [6.07, 6.45) is 0. The summed E-state index contributed by atoms with van der Waals surface area (Å²) in [5.74, 6) is -0.255. The van der Waals surface area contributed by atoms with Crippen molar-refractivity contribution in [2.45, 2.75) is 58.3 Å². The van der Waals surface area contributed by atoms with Crippen LogP contribution in [0.3, 0.4) is 0 Å². The fourth-order valence-electron chi connectivity index (χ4n) is 2.55. The Hall–Kier alpha value is -2.21. The molecule has 0 aliphatic rings. The second-order valence-corrected chi connectivity index (χ2v) is 8.39. The minimum absolute atomic E-state index is 0.235. The molecule has 0 heterocycles. The minimum Gasteiger partial charge on any atom is -0.423 e. The third kappa shape index (κ3) is 5.39. The molecule has 0 aliphatic carbocycles. The molecular formula is C22H28O5. The van der Waals surface area contributed by atoms with Gasteiger partial charge in [0.15, 0.2) is 0 Å². The standard InChI is InChI=1S/C22H28O5/c1-20(2,24)15-7-9-18(10-8-15)27-19(23)14-11-16(21(3,4)25)13-17(12-14)22(5,6)26/h7-13,24-26H,1-6H3. The fraction of sp³-hybridized carbons (Fsp3) is 0.409. The maximum atomic E-state index is 12.6. The highest BCUT2D eigenvalue weighted by atomic mass is 16.5. The van der Waals surface area contributed by atoms with Crippen LogP contribution in [0.1, 0.15) is 68.6 Å². The van der Waals surface area contributed by atoms with Crippen molar-refractivity contribution >= 4 is 5.97 Å². The van der Waals surface area contributed by atoms with Gasteiger partial charge in [-0.2, -0.15) is 0 Å². The van der Waals surface area contributed by atoms with Gasteiger partial charge in [-0.3, -0.25) is 0 Å². The van der Waals surface area contributed by atoms with Gasteiger partial charge in [-0.1, -0.05) is 18.2 Å². The first-order chi connectivity index (χ1) is 12.2. The molecule has 0 radical (unpaired) electrons. The van der Waals surface area contributed by atoms with Crippen LogP contribution in [-0.2, 0) is 16.8 Å². The molecule has 5 heteroatoms. The highest BCUT2D eigenvalue weighted by Gasteiger charge is 2.25. The van der Waals surface area contributed by atoms with Gasteiger partial charge < -0.3 is 20.1 Å². The molecule has 3 N–H and O–H groups in total. The van der Waals surface area contributed by atoms with Gasteiger partial charge in [0.1, 0.15) is 5.75 Å².